The fourth-order valence-corrected chi connectivity index (χ4v) is 3.00. The standard InChI is InChI=1S/C14H16ClFIN3O/c1-19(2)5-6-20-13(11(15)8-18-20)14(21)10-4-3-9(16)7-12(10)17/h3-4,7-8,14,21H,5-6H2,1-2H3. The molecule has 2 rings (SSSR count). The summed E-state index contributed by atoms with van der Waals surface area (Å²) in [7, 11) is 3.92. The predicted octanol–water partition coefficient (Wildman–Crippen LogP) is 2.92. The molecule has 0 fully saturated rings. The van der Waals surface area contributed by atoms with Crippen molar-refractivity contribution in [1.82, 2.24) is 14.7 Å². The fourth-order valence-electron chi connectivity index (χ4n) is 1.99. The summed E-state index contributed by atoms with van der Waals surface area (Å²) in [5.74, 6) is -0.331. The Morgan fingerprint density at radius 1 is 1.48 bits per heavy atom. The van der Waals surface area contributed by atoms with E-state index in [2.05, 4.69) is 5.10 Å². The number of halogens is 3. The molecule has 0 aliphatic carbocycles. The lowest BCUT2D eigenvalue weighted by molar-refractivity contribution is 0.204. The molecule has 0 amide bonds. The van der Waals surface area contributed by atoms with E-state index in [4.69, 9.17) is 11.6 Å². The van der Waals surface area contributed by atoms with Gasteiger partial charge in [0.25, 0.3) is 0 Å². The van der Waals surface area contributed by atoms with Crippen LogP contribution in [0.4, 0.5) is 4.39 Å². The summed E-state index contributed by atoms with van der Waals surface area (Å²) in [5, 5.41) is 15.2. The molecule has 0 saturated heterocycles. The Morgan fingerprint density at radius 2 is 2.19 bits per heavy atom. The molecule has 1 aromatic carbocycles. The third-order valence-electron chi connectivity index (χ3n) is 3.11. The molecular formula is C14H16ClFIN3O. The van der Waals surface area contributed by atoms with Gasteiger partial charge in [0.15, 0.2) is 0 Å². The first-order valence-electron chi connectivity index (χ1n) is 6.39. The van der Waals surface area contributed by atoms with Gasteiger partial charge in [0.1, 0.15) is 11.9 Å². The minimum atomic E-state index is -0.935. The summed E-state index contributed by atoms with van der Waals surface area (Å²) >= 11 is 8.16. The van der Waals surface area contributed by atoms with E-state index in [1.165, 1.54) is 18.3 Å². The van der Waals surface area contributed by atoms with Crippen LogP contribution in [0.5, 0.6) is 0 Å². The SMILES string of the molecule is CN(C)CCn1ncc(Cl)c1C(O)c1ccc(F)cc1I. The quantitative estimate of drug-likeness (QED) is 0.752. The van der Waals surface area contributed by atoms with Crippen molar-refractivity contribution in [3.63, 3.8) is 0 Å². The molecule has 21 heavy (non-hydrogen) atoms. The van der Waals surface area contributed by atoms with Crippen molar-refractivity contribution in [2.24, 2.45) is 0 Å². The Balaban J connectivity index is 2.34. The molecule has 0 aliphatic rings. The molecule has 4 nitrogen and oxygen atoms in total. The molecule has 114 valence electrons. The van der Waals surface area contributed by atoms with E-state index in [9.17, 15) is 9.50 Å². The maximum Gasteiger partial charge on any atom is 0.124 e. The Hall–Kier alpha value is -0.700. The normalized spacial score (nSPS) is 12.9. The first kappa shape index (κ1) is 16.7. The molecule has 1 heterocycles. The number of hydrogen-bond donors (Lipinski definition) is 1. The van der Waals surface area contributed by atoms with E-state index in [-0.39, 0.29) is 5.82 Å². The smallest absolute Gasteiger partial charge is 0.124 e. The summed E-state index contributed by atoms with van der Waals surface area (Å²) in [6, 6.07) is 4.28. The van der Waals surface area contributed by atoms with Crippen LogP contribution in [0.15, 0.2) is 24.4 Å². The number of rotatable bonds is 5. The monoisotopic (exact) mass is 423 g/mol. The summed E-state index contributed by atoms with van der Waals surface area (Å²) in [4.78, 5) is 2.02. The van der Waals surface area contributed by atoms with Crippen molar-refractivity contribution >= 4 is 34.2 Å². The van der Waals surface area contributed by atoms with Crippen LogP contribution < -0.4 is 0 Å². The maximum absolute atomic E-state index is 13.2. The number of aliphatic hydroxyl groups excluding tert-OH is 1. The van der Waals surface area contributed by atoms with E-state index in [0.717, 1.165) is 6.54 Å². The number of benzene rings is 1. The van der Waals surface area contributed by atoms with Crippen LogP contribution in [0.3, 0.4) is 0 Å². The van der Waals surface area contributed by atoms with Crippen LogP contribution in [0.1, 0.15) is 17.4 Å². The summed E-state index contributed by atoms with van der Waals surface area (Å²) in [6.45, 7) is 1.39. The van der Waals surface area contributed by atoms with Gasteiger partial charge in [0.05, 0.1) is 23.5 Å². The number of hydrogen-bond acceptors (Lipinski definition) is 3. The van der Waals surface area contributed by atoms with Gasteiger partial charge in [-0.15, -0.1) is 0 Å². The first-order valence-corrected chi connectivity index (χ1v) is 7.84. The van der Waals surface area contributed by atoms with Gasteiger partial charge in [0, 0.05) is 15.7 Å². The summed E-state index contributed by atoms with van der Waals surface area (Å²) in [6.07, 6.45) is 0.584. The molecule has 1 atom stereocenters. The third-order valence-corrected chi connectivity index (χ3v) is 4.33. The Labute approximate surface area is 141 Å². The molecule has 0 radical (unpaired) electrons. The van der Waals surface area contributed by atoms with E-state index in [1.54, 1.807) is 10.7 Å². The first-order chi connectivity index (χ1) is 9.90. The zero-order valence-electron chi connectivity index (χ0n) is 11.7. The van der Waals surface area contributed by atoms with Crippen molar-refractivity contribution < 1.29 is 9.50 Å². The number of likely N-dealkylation sites (N-methyl/N-ethyl adjacent to an activating group) is 1. The van der Waals surface area contributed by atoms with Gasteiger partial charge in [-0.05, 0) is 48.8 Å². The number of nitrogens with zero attached hydrogens (tertiary/aromatic N) is 3. The predicted molar refractivity (Wildman–Crippen MR) is 89.0 cm³/mol. The minimum Gasteiger partial charge on any atom is -0.382 e. The second-order valence-electron chi connectivity index (χ2n) is 4.97. The number of aliphatic hydroxyl groups is 1. The van der Waals surface area contributed by atoms with E-state index in [0.29, 0.717) is 26.4 Å². The van der Waals surface area contributed by atoms with Crippen molar-refractivity contribution in [2.45, 2.75) is 12.6 Å². The van der Waals surface area contributed by atoms with Gasteiger partial charge < -0.3 is 10.0 Å². The Morgan fingerprint density at radius 3 is 2.81 bits per heavy atom. The van der Waals surface area contributed by atoms with Crippen molar-refractivity contribution in [2.75, 3.05) is 20.6 Å². The highest BCUT2D eigenvalue weighted by molar-refractivity contribution is 14.1. The molecule has 0 saturated carbocycles. The van der Waals surface area contributed by atoms with Crippen LogP contribution in [0, 0.1) is 9.39 Å². The highest BCUT2D eigenvalue weighted by Gasteiger charge is 2.22. The maximum atomic E-state index is 13.2. The zero-order valence-corrected chi connectivity index (χ0v) is 14.6. The van der Waals surface area contributed by atoms with Gasteiger partial charge >= 0.3 is 0 Å². The molecule has 1 unspecified atom stereocenters. The molecule has 1 N–H and O–H groups in total. The lowest BCUT2D eigenvalue weighted by Gasteiger charge is -2.17. The molecule has 2 aromatic rings. The van der Waals surface area contributed by atoms with Gasteiger partial charge in [-0.1, -0.05) is 17.7 Å². The van der Waals surface area contributed by atoms with Gasteiger partial charge in [0.2, 0.25) is 0 Å². The van der Waals surface area contributed by atoms with E-state index in [1.807, 2.05) is 41.6 Å². The van der Waals surface area contributed by atoms with E-state index >= 15 is 0 Å². The second kappa shape index (κ2) is 7.04. The second-order valence-corrected chi connectivity index (χ2v) is 6.54. The van der Waals surface area contributed by atoms with Crippen LogP contribution >= 0.6 is 34.2 Å². The minimum absolute atomic E-state index is 0.331. The van der Waals surface area contributed by atoms with Crippen LogP contribution in [-0.4, -0.2) is 40.4 Å². The topological polar surface area (TPSA) is 41.3 Å². The van der Waals surface area contributed by atoms with Gasteiger partial charge in [-0.3, -0.25) is 4.68 Å². The third kappa shape index (κ3) is 3.94. The average Bonchev–Trinajstić information content (AvgIpc) is 2.77. The Bertz CT molecular complexity index is 633. The van der Waals surface area contributed by atoms with Crippen LogP contribution in [0.25, 0.3) is 0 Å². The summed E-state index contributed by atoms with van der Waals surface area (Å²) < 4.78 is 15.5. The lowest BCUT2D eigenvalue weighted by atomic mass is 10.1. The van der Waals surface area contributed by atoms with Crippen molar-refractivity contribution in [3.8, 4) is 0 Å². The molecular weight excluding hydrogens is 408 g/mol. The average molecular weight is 424 g/mol. The fraction of sp³-hybridized carbons (Fsp3) is 0.357. The van der Waals surface area contributed by atoms with Crippen molar-refractivity contribution in [1.29, 1.82) is 0 Å². The van der Waals surface area contributed by atoms with Crippen molar-refractivity contribution in [3.05, 3.63) is 50.1 Å². The number of aromatic nitrogens is 2. The largest absolute Gasteiger partial charge is 0.382 e. The molecule has 0 bridgehead atoms. The Kier molecular flexibility index (Phi) is 5.59. The van der Waals surface area contributed by atoms with Crippen LogP contribution in [0.2, 0.25) is 5.02 Å². The molecule has 0 spiro atoms. The highest BCUT2D eigenvalue weighted by Crippen LogP contribution is 2.31. The molecule has 7 heteroatoms. The summed E-state index contributed by atoms with van der Waals surface area (Å²) in [5.41, 5.74) is 1.15. The van der Waals surface area contributed by atoms with Crippen LogP contribution in [-0.2, 0) is 6.54 Å². The zero-order chi connectivity index (χ0) is 15.6. The molecule has 1 aromatic heterocycles. The molecule has 0 aliphatic heterocycles. The van der Waals surface area contributed by atoms with E-state index < -0.39 is 6.10 Å². The van der Waals surface area contributed by atoms with Gasteiger partial charge in [-0.2, -0.15) is 5.10 Å². The highest BCUT2D eigenvalue weighted by atomic mass is 127. The lowest BCUT2D eigenvalue weighted by Crippen LogP contribution is -2.21. The van der Waals surface area contributed by atoms with Gasteiger partial charge in [-0.25, -0.2) is 4.39 Å².